The molecule has 178 valence electrons. The van der Waals surface area contributed by atoms with E-state index in [1.807, 2.05) is 0 Å². The Morgan fingerprint density at radius 1 is 1.00 bits per heavy atom. The Morgan fingerprint density at radius 3 is 2.26 bits per heavy atom. The zero-order chi connectivity index (χ0) is 25.3. The normalized spacial score (nSPS) is 10.7. The monoisotopic (exact) mass is 530 g/mol. The number of carbonyl (C=O) groups is 1. The maximum Gasteiger partial charge on any atom is 0.341 e. The van der Waals surface area contributed by atoms with Crippen molar-refractivity contribution >= 4 is 46.5 Å². The Morgan fingerprint density at radius 2 is 1.65 bits per heavy atom. The maximum atomic E-state index is 13.0. The molecule has 1 heterocycles. The van der Waals surface area contributed by atoms with Crippen molar-refractivity contribution in [3.05, 3.63) is 87.0 Å². The van der Waals surface area contributed by atoms with E-state index >= 15 is 0 Å². The van der Waals surface area contributed by atoms with Crippen LogP contribution in [-0.4, -0.2) is 31.7 Å². The van der Waals surface area contributed by atoms with Gasteiger partial charge in [-0.05, 0) is 12.1 Å². The maximum absolute atomic E-state index is 13.0. The van der Waals surface area contributed by atoms with Crippen molar-refractivity contribution in [2.75, 3.05) is 7.11 Å². The van der Waals surface area contributed by atoms with Gasteiger partial charge in [-0.3, -0.25) is 14.9 Å². The van der Waals surface area contributed by atoms with Crippen LogP contribution in [0.15, 0.2) is 44.7 Å². The molecule has 12 nitrogen and oxygen atoms in total. The van der Waals surface area contributed by atoms with Crippen molar-refractivity contribution < 1.29 is 19.2 Å². The third kappa shape index (κ3) is 4.69. The molecule has 0 aliphatic rings. The Balaban J connectivity index is 2.27. The number of ether oxygens (including phenoxy) is 2. The average molecular weight is 532 g/mol. The fourth-order valence-corrected chi connectivity index (χ4v) is 3.42. The second kappa shape index (κ2) is 9.71. The summed E-state index contributed by atoms with van der Waals surface area (Å²) in [7, 11) is 2.07. The predicted octanol–water partition coefficient (Wildman–Crippen LogP) is 2.53. The van der Waals surface area contributed by atoms with Crippen molar-refractivity contribution in [3.8, 4) is 17.2 Å². The molecule has 3 aromatic rings. The third-order valence-electron chi connectivity index (χ3n) is 4.52. The minimum Gasteiger partial charge on any atom is -0.468 e. The van der Waals surface area contributed by atoms with Gasteiger partial charge in [0.1, 0.15) is 23.7 Å². The minimum absolute atomic E-state index is 0.0341. The molecule has 15 heteroatoms. The number of carbonyl (C=O) groups excluding carboxylic acids is 1. The van der Waals surface area contributed by atoms with Gasteiger partial charge in [-0.2, -0.15) is 0 Å². The van der Waals surface area contributed by atoms with Crippen molar-refractivity contribution in [3.63, 3.8) is 0 Å². The zero-order valence-electron chi connectivity index (χ0n) is 17.3. The first kappa shape index (κ1) is 25.0. The van der Waals surface area contributed by atoms with Crippen molar-refractivity contribution in [2.24, 2.45) is 7.05 Å². The summed E-state index contributed by atoms with van der Waals surface area (Å²) in [5.41, 5.74) is -4.79. The second-order valence-electron chi connectivity index (χ2n) is 6.61. The number of benzene rings is 2. The van der Waals surface area contributed by atoms with Crippen LogP contribution >= 0.6 is 34.8 Å². The highest BCUT2D eigenvalue weighted by Gasteiger charge is 2.24. The van der Waals surface area contributed by atoms with Gasteiger partial charge in [0, 0.05) is 25.2 Å². The lowest BCUT2D eigenvalue weighted by atomic mass is 10.2. The van der Waals surface area contributed by atoms with Gasteiger partial charge in [-0.1, -0.05) is 34.8 Å². The summed E-state index contributed by atoms with van der Waals surface area (Å²) in [5.74, 6) is -0.988. The molecule has 0 saturated carbocycles. The topological polar surface area (TPSA) is 145 Å². The molecule has 0 spiro atoms. The van der Waals surface area contributed by atoms with Crippen LogP contribution < -0.4 is 21.8 Å². The second-order valence-corrected chi connectivity index (χ2v) is 7.83. The van der Waals surface area contributed by atoms with Crippen LogP contribution in [0.1, 0.15) is 0 Å². The van der Waals surface area contributed by atoms with Gasteiger partial charge in [0.15, 0.2) is 0 Å². The highest BCUT2D eigenvalue weighted by molar-refractivity contribution is 6.43. The van der Waals surface area contributed by atoms with Gasteiger partial charge in [0.25, 0.3) is 5.69 Å². The zero-order valence-corrected chi connectivity index (χ0v) is 19.6. The first-order valence-corrected chi connectivity index (χ1v) is 10.2. The van der Waals surface area contributed by atoms with E-state index in [1.165, 1.54) is 18.2 Å². The van der Waals surface area contributed by atoms with E-state index in [9.17, 15) is 29.3 Å². The lowest BCUT2D eigenvalue weighted by Gasteiger charge is -2.13. The van der Waals surface area contributed by atoms with Gasteiger partial charge < -0.3 is 9.47 Å². The average Bonchev–Trinajstić information content (AvgIpc) is 2.78. The molecule has 0 fully saturated rings. The number of hydrogen-bond donors (Lipinski definition) is 0. The number of nitrogens with zero attached hydrogens (tertiary/aromatic N) is 4. The summed E-state index contributed by atoms with van der Waals surface area (Å²) < 4.78 is 11.4. The van der Waals surface area contributed by atoms with Gasteiger partial charge >= 0.3 is 23.0 Å². The summed E-state index contributed by atoms with van der Waals surface area (Å²) >= 11 is 18.0. The van der Waals surface area contributed by atoms with Crippen LogP contribution in [-0.2, 0) is 23.1 Å². The number of rotatable bonds is 6. The molecule has 34 heavy (non-hydrogen) atoms. The summed E-state index contributed by atoms with van der Waals surface area (Å²) in [5, 5.41) is 12.0. The van der Waals surface area contributed by atoms with E-state index in [4.69, 9.17) is 39.5 Å². The van der Waals surface area contributed by atoms with Gasteiger partial charge in [-0.15, -0.1) is 0 Å². The number of hydrogen-bond acceptors (Lipinski definition) is 8. The van der Waals surface area contributed by atoms with Gasteiger partial charge in [0.2, 0.25) is 0 Å². The Labute approximate surface area is 204 Å². The summed E-state index contributed by atoms with van der Waals surface area (Å²) in [6, 6.07) is 5.82. The van der Waals surface area contributed by atoms with E-state index in [1.54, 1.807) is 0 Å². The molecule has 0 aliphatic carbocycles. The molecule has 1 aromatic heterocycles. The Kier molecular flexibility index (Phi) is 7.15. The molecule has 0 atom stereocenters. The van der Waals surface area contributed by atoms with Crippen molar-refractivity contribution in [1.82, 2.24) is 13.7 Å². The molecule has 3 rings (SSSR count). The largest absolute Gasteiger partial charge is 0.468 e. The molecule has 2 aromatic carbocycles. The van der Waals surface area contributed by atoms with E-state index in [0.29, 0.717) is 13.7 Å². The molecule has 0 N–H and O–H groups in total. The highest BCUT2D eigenvalue weighted by atomic mass is 35.5. The molecule has 0 aliphatic heterocycles. The summed E-state index contributed by atoms with van der Waals surface area (Å²) in [6.07, 6.45) is 0. The molecule has 0 saturated heterocycles. The lowest BCUT2D eigenvalue weighted by Crippen LogP contribution is -2.53. The Hall–Kier alpha value is -3.61. The van der Waals surface area contributed by atoms with Crippen LogP contribution in [0.2, 0.25) is 15.1 Å². The number of methoxy groups -OCH3 is 1. The summed E-state index contributed by atoms with van der Waals surface area (Å²) in [4.78, 5) is 60.6. The fourth-order valence-electron chi connectivity index (χ4n) is 2.84. The van der Waals surface area contributed by atoms with Crippen LogP contribution in [0.5, 0.6) is 11.5 Å². The standard InChI is InChI=1S/C19H13Cl3N4O8/c1-23-17(28)24(8-16(27)33-2)19(30)25(18(23)29)14-5-9(3-4-13(14)26(31)32)34-15-7-11(21)10(20)6-12(15)22/h3-7H,8H2,1-2H3. The molecular formula is C19H13Cl3N4O8. The molecule has 0 amide bonds. The van der Waals surface area contributed by atoms with Crippen LogP contribution in [0.3, 0.4) is 0 Å². The van der Waals surface area contributed by atoms with E-state index < -0.39 is 45.9 Å². The quantitative estimate of drug-likeness (QED) is 0.204. The fraction of sp³-hybridized carbons (Fsp3) is 0.158. The van der Waals surface area contributed by atoms with Gasteiger partial charge in [-0.25, -0.2) is 28.1 Å². The highest BCUT2D eigenvalue weighted by Crippen LogP contribution is 2.37. The van der Waals surface area contributed by atoms with Crippen molar-refractivity contribution in [2.45, 2.75) is 6.54 Å². The van der Waals surface area contributed by atoms with Gasteiger partial charge in [0.05, 0.1) is 27.1 Å². The Bertz CT molecular complexity index is 1510. The first-order chi connectivity index (χ1) is 16.0. The lowest BCUT2D eigenvalue weighted by molar-refractivity contribution is -0.384. The van der Waals surface area contributed by atoms with Crippen LogP contribution in [0.4, 0.5) is 5.69 Å². The van der Waals surface area contributed by atoms with Crippen LogP contribution in [0.25, 0.3) is 5.69 Å². The SMILES string of the molecule is COC(=O)Cn1c(=O)n(C)c(=O)n(-c2cc(Oc3cc(Cl)c(Cl)cc3Cl)ccc2[N+](=O)[O-])c1=O. The number of halogens is 3. The molecule has 0 bridgehead atoms. The third-order valence-corrected chi connectivity index (χ3v) is 5.54. The minimum atomic E-state index is -1.30. The van der Waals surface area contributed by atoms with E-state index in [-0.39, 0.29) is 26.6 Å². The number of aromatic nitrogens is 3. The summed E-state index contributed by atoms with van der Waals surface area (Å²) in [6.45, 7) is -0.828. The molecule has 0 radical (unpaired) electrons. The molecule has 0 unspecified atom stereocenters. The predicted molar refractivity (Wildman–Crippen MR) is 122 cm³/mol. The number of esters is 1. The van der Waals surface area contributed by atoms with Crippen LogP contribution in [0, 0.1) is 10.1 Å². The van der Waals surface area contributed by atoms with Crippen molar-refractivity contribution in [1.29, 1.82) is 0 Å². The molecular weight excluding hydrogens is 519 g/mol. The number of nitro benzene ring substituents is 1. The first-order valence-electron chi connectivity index (χ1n) is 9.07. The van der Waals surface area contributed by atoms with E-state index in [0.717, 1.165) is 26.3 Å². The van der Waals surface area contributed by atoms with E-state index in [2.05, 4.69) is 4.74 Å². The number of nitro groups is 1. The smallest absolute Gasteiger partial charge is 0.341 e.